The molecular formula is C31H41N3O4S. The highest BCUT2D eigenvalue weighted by Crippen LogP contribution is 2.77. The molecule has 1 spiro atoms. The van der Waals surface area contributed by atoms with Crippen molar-refractivity contribution in [3.63, 3.8) is 0 Å². The number of imide groups is 1. The Hall–Kier alpha value is -1.90. The Bertz CT molecular complexity index is 1190. The van der Waals surface area contributed by atoms with Crippen LogP contribution >= 0.6 is 11.8 Å². The zero-order valence-corrected chi connectivity index (χ0v) is 23.9. The minimum atomic E-state index is -0.565. The first-order valence-corrected chi connectivity index (χ1v) is 16.1. The number of benzene rings is 1. The van der Waals surface area contributed by atoms with E-state index in [2.05, 4.69) is 23.3 Å². The van der Waals surface area contributed by atoms with E-state index in [-0.39, 0.29) is 24.1 Å². The summed E-state index contributed by atoms with van der Waals surface area (Å²) in [5.41, 5.74) is 2.90. The van der Waals surface area contributed by atoms with Gasteiger partial charge in [0.1, 0.15) is 6.04 Å². The van der Waals surface area contributed by atoms with E-state index in [1.165, 1.54) is 38.5 Å². The normalized spacial score (nSPS) is 35.9. The van der Waals surface area contributed by atoms with Crippen molar-refractivity contribution in [1.29, 1.82) is 0 Å². The van der Waals surface area contributed by atoms with Gasteiger partial charge in [-0.3, -0.25) is 24.6 Å². The molecule has 5 fully saturated rings. The maximum Gasteiger partial charge on any atom is 0.255 e. The van der Waals surface area contributed by atoms with Crippen molar-refractivity contribution < 1.29 is 19.1 Å². The molecule has 7 rings (SSSR count). The molecule has 39 heavy (non-hydrogen) atoms. The molecule has 7 nitrogen and oxygen atoms in total. The molecule has 3 bridgehead atoms. The van der Waals surface area contributed by atoms with Crippen LogP contribution in [0.25, 0.3) is 0 Å². The Labute approximate surface area is 235 Å². The molecule has 2 aliphatic heterocycles. The Morgan fingerprint density at radius 2 is 2.00 bits per heavy atom. The molecule has 8 heteroatoms. The molecule has 1 aromatic carbocycles. The molecule has 1 saturated heterocycles. The van der Waals surface area contributed by atoms with Gasteiger partial charge in [-0.1, -0.05) is 6.07 Å². The molecule has 210 valence electrons. The minimum absolute atomic E-state index is 0.106. The molecule has 0 radical (unpaired) electrons. The van der Waals surface area contributed by atoms with Gasteiger partial charge in [0.25, 0.3) is 5.91 Å². The zero-order valence-electron chi connectivity index (χ0n) is 23.1. The molecule has 6 unspecified atom stereocenters. The van der Waals surface area contributed by atoms with Crippen molar-refractivity contribution in [2.24, 2.45) is 23.2 Å². The second-order valence-corrected chi connectivity index (χ2v) is 14.4. The molecule has 6 aliphatic rings. The first-order valence-electron chi connectivity index (χ1n) is 15.1. The van der Waals surface area contributed by atoms with Crippen LogP contribution in [0.5, 0.6) is 0 Å². The fourth-order valence-corrected chi connectivity index (χ4v) is 10.6. The summed E-state index contributed by atoms with van der Waals surface area (Å²) in [6.45, 7) is 3.10. The van der Waals surface area contributed by atoms with Gasteiger partial charge in [0.15, 0.2) is 0 Å². The summed E-state index contributed by atoms with van der Waals surface area (Å²) in [5.74, 6) is 3.31. The predicted molar refractivity (Wildman–Crippen MR) is 149 cm³/mol. The van der Waals surface area contributed by atoms with Crippen molar-refractivity contribution in [2.75, 3.05) is 32.6 Å². The predicted octanol–water partition coefficient (Wildman–Crippen LogP) is 4.24. The standard InChI is InChI=1S/C31H41N3O4S/c1-33(30-15-20-13-21-14-22(17-30)31(21,16-20)19-30)9-11-38-10-2-3-12-39-26-6-4-5-23-24(26)18-34(29(23)37)25-7-8-27(35)32-28(25)36/h4-6,20-22,25H,2-3,7-19H2,1H3,(H,32,35,36). The molecule has 4 aliphatic carbocycles. The molecule has 1 aromatic rings. The Kier molecular flexibility index (Phi) is 6.59. The van der Waals surface area contributed by atoms with Crippen molar-refractivity contribution in [2.45, 2.75) is 87.2 Å². The van der Waals surface area contributed by atoms with E-state index >= 15 is 0 Å². The summed E-state index contributed by atoms with van der Waals surface area (Å²) >= 11 is 1.78. The number of unbranched alkanes of at least 4 members (excludes halogenated alkanes) is 1. The highest BCUT2D eigenvalue weighted by Gasteiger charge is 2.71. The topological polar surface area (TPSA) is 79.0 Å². The maximum absolute atomic E-state index is 13.0. The van der Waals surface area contributed by atoms with Gasteiger partial charge in [-0.25, -0.2) is 0 Å². The van der Waals surface area contributed by atoms with Gasteiger partial charge in [0, 0.05) is 42.1 Å². The van der Waals surface area contributed by atoms with Crippen LogP contribution in [0, 0.1) is 23.2 Å². The highest BCUT2D eigenvalue weighted by atomic mass is 32.2. The number of likely N-dealkylation sites (N-methyl/N-ethyl adjacent to an activating group) is 1. The lowest BCUT2D eigenvalue weighted by molar-refractivity contribution is -0.136. The number of ether oxygens (including phenoxy) is 1. The number of carbonyl (C=O) groups excluding carboxylic acids is 3. The van der Waals surface area contributed by atoms with Gasteiger partial charge in [-0.05, 0) is 111 Å². The fraction of sp³-hybridized carbons (Fsp3) is 0.710. The lowest BCUT2D eigenvalue weighted by Gasteiger charge is -2.50. The van der Waals surface area contributed by atoms with Gasteiger partial charge in [0.05, 0.1) is 6.61 Å². The molecule has 4 saturated carbocycles. The van der Waals surface area contributed by atoms with Gasteiger partial charge in [-0.2, -0.15) is 0 Å². The van der Waals surface area contributed by atoms with Gasteiger partial charge in [-0.15, -0.1) is 11.8 Å². The third-order valence-corrected chi connectivity index (χ3v) is 12.5. The lowest BCUT2D eigenvalue weighted by atomic mass is 9.56. The van der Waals surface area contributed by atoms with Crippen LogP contribution in [-0.4, -0.2) is 71.7 Å². The fourth-order valence-electron chi connectivity index (χ4n) is 9.48. The van der Waals surface area contributed by atoms with Crippen molar-refractivity contribution in [1.82, 2.24) is 15.1 Å². The number of thioether (sulfide) groups is 1. The van der Waals surface area contributed by atoms with Crippen LogP contribution in [-0.2, 0) is 20.9 Å². The van der Waals surface area contributed by atoms with E-state index < -0.39 is 6.04 Å². The van der Waals surface area contributed by atoms with E-state index in [4.69, 9.17) is 4.74 Å². The number of fused-ring (bicyclic) bond motifs is 3. The van der Waals surface area contributed by atoms with Crippen LogP contribution in [0.3, 0.4) is 0 Å². The molecule has 2 heterocycles. The molecular weight excluding hydrogens is 510 g/mol. The van der Waals surface area contributed by atoms with Crippen LogP contribution in [0.4, 0.5) is 0 Å². The number of nitrogens with one attached hydrogen (secondary N) is 1. The maximum atomic E-state index is 13.0. The number of hydrogen-bond acceptors (Lipinski definition) is 6. The number of carbonyl (C=O) groups is 3. The average molecular weight is 552 g/mol. The lowest BCUT2D eigenvalue weighted by Crippen LogP contribution is -2.52. The summed E-state index contributed by atoms with van der Waals surface area (Å²) in [6.07, 6.45) is 11.7. The number of nitrogens with zero attached hydrogens (tertiary/aromatic N) is 2. The van der Waals surface area contributed by atoms with E-state index in [1.54, 1.807) is 16.7 Å². The molecule has 6 atom stereocenters. The van der Waals surface area contributed by atoms with Crippen molar-refractivity contribution in [3.8, 4) is 0 Å². The van der Waals surface area contributed by atoms with Crippen molar-refractivity contribution in [3.05, 3.63) is 29.3 Å². The Balaban J connectivity index is 0.832. The molecule has 3 amide bonds. The SMILES string of the molecule is CN(CCOCCCCSc1cccc2c1CN(C1CCC(=O)NC1=O)C2=O)C12CC3CC4CC(C1)C4(C3)C2. The van der Waals surface area contributed by atoms with Gasteiger partial charge >= 0.3 is 0 Å². The van der Waals surface area contributed by atoms with Crippen molar-refractivity contribution >= 4 is 29.5 Å². The number of hydrogen-bond donors (Lipinski definition) is 1. The summed E-state index contributed by atoms with van der Waals surface area (Å²) in [5, 5.41) is 2.38. The second kappa shape index (κ2) is 9.88. The summed E-state index contributed by atoms with van der Waals surface area (Å²) < 4.78 is 6.08. The van der Waals surface area contributed by atoms with Gasteiger partial charge < -0.3 is 9.64 Å². The molecule has 1 N–H and O–H groups in total. The largest absolute Gasteiger partial charge is 0.380 e. The highest BCUT2D eigenvalue weighted by molar-refractivity contribution is 7.99. The Morgan fingerprint density at radius 3 is 2.87 bits per heavy atom. The van der Waals surface area contributed by atoms with Crippen LogP contribution in [0.1, 0.15) is 80.1 Å². The number of amides is 3. The van der Waals surface area contributed by atoms with E-state index in [0.717, 1.165) is 72.0 Å². The van der Waals surface area contributed by atoms with Crippen LogP contribution in [0.15, 0.2) is 23.1 Å². The summed E-state index contributed by atoms with van der Waals surface area (Å²) in [7, 11) is 2.35. The van der Waals surface area contributed by atoms with E-state index in [0.29, 0.717) is 24.1 Å². The van der Waals surface area contributed by atoms with E-state index in [1.807, 2.05) is 12.1 Å². The smallest absolute Gasteiger partial charge is 0.255 e. The third-order valence-electron chi connectivity index (χ3n) is 11.3. The van der Waals surface area contributed by atoms with Crippen LogP contribution < -0.4 is 5.32 Å². The zero-order chi connectivity index (χ0) is 26.8. The monoisotopic (exact) mass is 551 g/mol. The van der Waals surface area contributed by atoms with Crippen LogP contribution in [0.2, 0.25) is 0 Å². The quantitative estimate of drug-likeness (QED) is 0.252. The number of rotatable bonds is 11. The summed E-state index contributed by atoms with van der Waals surface area (Å²) in [6, 6.07) is 5.29. The third kappa shape index (κ3) is 4.27. The summed E-state index contributed by atoms with van der Waals surface area (Å²) in [4.78, 5) is 42.3. The first-order chi connectivity index (χ1) is 18.9. The second-order valence-electron chi connectivity index (χ2n) is 13.2. The molecule has 0 aromatic heterocycles. The Morgan fingerprint density at radius 1 is 1.10 bits per heavy atom. The van der Waals surface area contributed by atoms with E-state index in [9.17, 15) is 14.4 Å². The van der Waals surface area contributed by atoms with Gasteiger partial charge in [0.2, 0.25) is 11.8 Å². The first kappa shape index (κ1) is 26.0. The average Bonchev–Trinajstić information content (AvgIpc) is 3.42. The number of piperidine rings is 1. The minimum Gasteiger partial charge on any atom is -0.380 e.